The van der Waals surface area contributed by atoms with E-state index >= 15 is 0 Å². The van der Waals surface area contributed by atoms with Crippen molar-refractivity contribution in [3.63, 3.8) is 0 Å². The first-order chi connectivity index (χ1) is 10.7. The standard InChI is InChI=1S/C17H15FN2OS/c18-11-3-4-15-14(8-11)13-5-6-20(10-16(13)19-15)17(21)9-12-2-1-7-22-12/h1-4,7-8,19H,5-6,9-10H2. The van der Waals surface area contributed by atoms with E-state index in [1.54, 1.807) is 23.5 Å². The minimum absolute atomic E-state index is 0.151. The molecule has 0 unspecified atom stereocenters. The second-order valence-corrected chi connectivity index (χ2v) is 6.63. The molecule has 1 aliphatic heterocycles. The average molecular weight is 314 g/mol. The summed E-state index contributed by atoms with van der Waals surface area (Å²) in [5.41, 5.74) is 3.13. The largest absolute Gasteiger partial charge is 0.357 e. The lowest BCUT2D eigenvalue weighted by Gasteiger charge is -2.27. The number of carbonyl (C=O) groups excluding carboxylic acids is 1. The molecule has 3 aromatic rings. The zero-order valence-electron chi connectivity index (χ0n) is 11.9. The number of amides is 1. The van der Waals surface area contributed by atoms with Gasteiger partial charge in [-0.25, -0.2) is 4.39 Å². The number of aromatic nitrogens is 1. The zero-order chi connectivity index (χ0) is 15.1. The van der Waals surface area contributed by atoms with Gasteiger partial charge < -0.3 is 9.88 Å². The zero-order valence-corrected chi connectivity index (χ0v) is 12.8. The number of H-pyrrole nitrogens is 1. The molecule has 1 aromatic carbocycles. The molecule has 0 aliphatic carbocycles. The Morgan fingerprint density at radius 3 is 3.09 bits per heavy atom. The van der Waals surface area contributed by atoms with Gasteiger partial charge in [-0.1, -0.05) is 6.07 Å². The fourth-order valence-corrected chi connectivity index (χ4v) is 3.80. The Labute approximate surface area is 131 Å². The summed E-state index contributed by atoms with van der Waals surface area (Å²) in [6, 6.07) is 8.76. The van der Waals surface area contributed by atoms with Gasteiger partial charge in [0, 0.05) is 28.0 Å². The molecule has 3 nitrogen and oxygen atoms in total. The highest BCUT2D eigenvalue weighted by molar-refractivity contribution is 7.10. The highest BCUT2D eigenvalue weighted by Crippen LogP contribution is 2.28. The predicted octanol–water partition coefficient (Wildman–Crippen LogP) is 3.50. The van der Waals surface area contributed by atoms with E-state index in [9.17, 15) is 9.18 Å². The molecule has 3 heterocycles. The first-order valence-corrected chi connectivity index (χ1v) is 8.18. The molecule has 0 saturated carbocycles. The number of aromatic amines is 1. The van der Waals surface area contributed by atoms with Crippen LogP contribution in [0.15, 0.2) is 35.7 Å². The smallest absolute Gasteiger partial charge is 0.228 e. The summed E-state index contributed by atoms with van der Waals surface area (Å²) in [5, 5.41) is 2.93. The molecule has 5 heteroatoms. The van der Waals surface area contributed by atoms with Crippen molar-refractivity contribution in [2.75, 3.05) is 6.54 Å². The number of benzene rings is 1. The Kier molecular flexibility index (Phi) is 3.22. The van der Waals surface area contributed by atoms with Crippen LogP contribution in [0.25, 0.3) is 10.9 Å². The number of nitrogens with one attached hydrogen (secondary N) is 1. The van der Waals surface area contributed by atoms with Crippen molar-refractivity contribution in [3.05, 3.63) is 57.7 Å². The van der Waals surface area contributed by atoms with E-state index in [1.165, 1.54) is 6.07 Å². The highest BCUT2D eigenvalue weighted by Gasteiger charge is 2.24. The maximum atomic E-state index is 13.4. The van der Waals surface area contributed by atoms with Crippen molar-refractivity contribution in [2.24, 2.45) is 0 Å². The third kappa shape index (κ3) is 2.31. The lowest BCUT2D eigenvalue weighted by Crippen LogP contribution is -2.36. The summed E-state index contributed by atoms with van der Waals surface area (Å²) in [5.74, 6) is -0.0663. The highest BCUT2D eigenvalue weighted by atomic mass is 32.1. The lowest BCUT2D eigenvalue weighted by atomic mass is 10.0. The second-order valence-electron chi connectivity index (χ2n) is 5.59. The maximum Gasteiger partial charge on any atom is 0.228 e. The van der Waals surface area contributed by atoms with Gasteiger partial charge in [-0.2, -0.15) is 0 Å². The van der Waals surface area contributed by atoms with Crippen LogP contribution in [0, 0.1) is 5.82 Å². The molecule has 22 heavy (non-hydrogen) atoms. The van der Waals surface area contributed by atoms with Crippen LogP contribution in [-0.2, 0) is 24.2 Å². The number of hydrogen-bond donors (Lipinski definition) is 1. The molecule has 0 saturated heterocycles. The van der Waals surface area contributed by atoms with Gasteiger partial charge in [0.25, 0.3) is 0 Å². The SMILES string of the molecule is O=C(Cc1cccs1)N1CCc2c([nH]c3ccc(F)cc23)C1. The maximum absolute atomic E-state index is 13.4. The number of hydrogen-bond acceptors (Lipinski definition) is 2. The van der Waals surface area contributed by atoms with Gasteiger partial charge in [0.2, 0.25) is 5.91 Å². The van der Waals surface area contributed by atoms with Crippen LogP contribution in [-0.4, -0.2) is 22.3 Å². The molecule has 2 aromatic heterocycles. The molecule has 0 radical (unpaired) electrons. The van der Waals surface area contributed by atoms with Gasteiger partial charge in [-0.3, -0.25) is 4.79 Å². The van der Waals surface area contributed by atoms with Crippen molar-refractivity contribution < 1.29 is 9.18 Å². The molecule has 1 aliphatic rings. The Morgan fingerprint density at radius 2 is 2.27 bits per heavy atom. The van der Waals surface area contributed by atoms with E-state index in [2.05, 4.69) is 4.98 Å². The predicted molar refractivity (Wildman–Crippen MR) is 85.4 cm³/mol. The van der Waals surface area contributed by atoms with E-state index < -0.39 is 0 Å². The van der Waals surface area contributed by atoms with Crippen molar-refractivity contribution in [3.8, 4) is 0 Å². The average Bonchev–Trinajstić information content (AvgIpc) is 3.13. The third-order valence-corrected chi connectivity index (χ3v) is 5.07. The van der Waals surface area contributed by atoms with Crippen LogP contribution >= 0.6 is 11.3 Å². The lowest BCUT2D eigenvalue weighted by molar-refractivity contribution is -0.131. The molecular weight excluding hydrogens is 299 g/mol. The number of rotatable bonds is 2. The van der Waals surface area contributed by atoms with Gasteiger partial charge >= 0.3 is 0 Å². The number of halogens is 1. The molecular formula is C17H15FN2OS. The summed E-state index contributed by atoms with van der Waals surface area (Å²) in [4.78, 5) is 18.7. The van der Waals surface area contributed by atoms with Crippen molar-refractivity contribution >= 4 is 28.1 Å². The van der Waals surface area contributed by atoms with Gasteiger partial charge in [0.05, 0.1) is 13.0 Å². The van der Waals surface area contributed by atoms with Crippen LogP contribution in [0.5, 0.6) is 0 Å². The summed E-state index contributed by atoms with van der Waals surface area (Å²) < 4.78 is 13.4. The Balaban J connectivity index is 1.59. The van der Waals surface area contributed by atoms with E-state index in [4.69, 9.17) is 0 Å². The summed E-state index contributed by atoms with van der Waals surface area (Å²) >= 11 is 1.61. The second kappa shape index (κ2) is 5.25. The summed E-state index contributed by atoms with van der Waals surface area (Å²) in [7, 11) is 0. The topological polar surface area (TPSA) is 36.1 Å². The van der Waals surface area contributed by atoms with Crippen LogP contribution in [0.4, 0.5) is 4.39 Å². The van der Waals surface area contributed by atoms with Gasteiger partial charge in [-0.05, 0) is 41.6 Å². The molecule has 0 spiro atoms. The molecule has 0 bridgehead atoms. The van der Waals surface area contributed by atoms with E-state index in [-0.39, 0.29) is 11.7 Å². The van der Waals surface area contributed by atoms with E-state index in [0.29, 0.717) is 19.5 Å². The first-order valence-electron chi connectivity index (χ1n) is 7.30. The van der Waals surface area contributed by atoms with Crippen molar-refractivity contribution in [1.29, 1.82) is 0 Å². The van der Waals surface area contributed by atoms with Crippen LogP contribution in [0.2, 0.25) is 0 Å². The van der Waals surface area contributed by atoms with Crippen LogP contribution < -0.4 is 0 Å². The molecule has 1 N–H and O–H groups in total. The van der Waals surface area contributed by atoms with Gasteiger partial charge in [0.1, 0.15) is 5.82 Å². The molecule has 112 valence electrons. The fraction of sp³-hybridized carbons (Fsp3) is 0.235. The molecule has 0 atom stereocenters. The normalized spacial score (nSPS) is 14.3. The van der Waals surface area contributed by atoms with E-state index in [1.807, 2.05) is 22.4 Å². The molecule has 4 rings (SSSR count). The van der Waals surface area contributed by atoms with Crippen molar-refractivity contribution in [2.45, 2.75) is 19.4 Å². The molecule has 0 fully saturated rings. The monoisotopic (exact) mass is 314 g/mol. The Hall–Kier alpha value is -2.14. The van der Waals surface area contributed by atoms with Gasteiger partial charge in [0.15, 0.2) is 0 Å². The first kappa shape index (κ1) is 13.5. The number of thiophene rings is 1. The quantitative estimate of drug-likeness (QED) is 0.772. The Morgan fingerprint density at radius 1 is 1.36 bits per heavy atom. The van der Waals surface area contributed by atoms with Crippen molar-refractivity contribution in [1.82, 2.24) is 9.88 Å². The summed E-state index contributed by atoms with van der Waals surface area (Å²) in [6.07, 6.45) is 1.23. The van der Waals surface area contributed by atoms with Crippen LogP contribution in [0.1, 0.15) is 16.1 Å². The Bertz CT molecular complexity index is 838. The van der Waals surface area contributed by atoms with Crippen LogP contribution in [0.3, 0.4) is 0 Å². The van der Waals surface area contributed by atoms with E-state index in [0.717, 1.165) is 33.5 Å². The summed E-state index contributed by atoms with van der Waals surface area (Å²) in [6.45, 7) is 1.27. The number of fused-ring (bicyclic) bond motifs is 3. The fourth-order valence-electron chi connectivity index (χ4n) is 3.10. The minimum Gasteiger partial charge on any atom is -0.357 e. The number of carbonyl (C=O) groups is 1. The molecule has 1 amide bonds. The third-order valence-electron chi connectivity index (χ3n) is 4.20. The van der Waals surface area contributed by atoms with Gasteiger partial charge in [-0.15, -0.1) is 11.3 Å². The minimum atomic E-state index is -0.217. The number of nitrogens with zero attached hydrogens (tertiary/aromatic N) is 1.